The molecule has 0 aromatic heterocycles. The third kappa shape index (κ3) is 13.8. The van der Waals surface area contributed by atoms with E-state index < -0.39 is 64.8 Å². The van der Waals surface area contributed by atoms with E-state index in [4.69, 9.17) is 18.9 Å². The molecule has 0 fully saturated rings. The first-order chi connectivity index (χ1) is 20.8. The van der Waals surface area contributed by atoms with Crippen LogP contribution >= 0.6 is 0 Å². The second-order valence-corrected chi connectivity index (χ2v) is 11.8. The summed E-state index contributed by atoms with van der Waals surface area (Å²) in [4.78, 5) is 72.5. The van der Waals surface area contributed by atoms with E-state index in [0.29, 0.717) is 5.56 Å². The van der Waals surface area contributed by atoms with E-state index in [1.807, 2.05) is 0 Å². The molecule has 244 valence electrons. The first-order valence-corrected chi connectivity index (χ1v) is 13.8. The highest BCUT2D eigenvalue weighted by Crippen LogP contribution is 2.18. The number of nitrogens with zero attached hydrogens (tertiary/aromatic N) is 1. The molecule has 0 heterocycles. The van der Waals surface area contributed by atoms with Crippen molar-refractivity contribution >= 4 is 35.7 Å². The molecule has 0 radical (unpaired) electrons. The van der Waals surface area contributed by atoms with Gasteiger partial charge in [-0.05, 0) is 78.3 Å². The summed E-state index contributed by atoms with van der Waals surface area (Å²) in [6.07, 6.45) is -1.77. The number of nitro benzene ring substituents is 1. The van der Waals surface area contributed by atoms with Crippen molar-refractivity contribution in [1.29, 1.82) is 0 Å². The van der Waals surface area contributed by atoms with Crippen LogP contribution in [0.3, 0.4) is 0 Å². The normalized spacial score (nSPS) is 12.5. The molecular formula is C30H38N4O11. The summed E-state index contributed by atoms with van der Waals surface area (Å²) >= 11 is 0. The number of nitro groups is 1. The number of non-ortho nitro benzene ring substituents is 1. The van der Waals surface area contributed by atoms with Gasteiger partial charge in [0.15, 0.2) is 0 Å². The van der Waals surface area contributed by atoms with Gasteiger partial charge in [-0.2, -0.15) is 0 Å². The largest absolute Gasteiger partial charge is 0.514 e. The molecule has 45 heavy (non-hydrogen) atoms. The van der Waals surface area contributed by atoms with Gasteiger partial charge in [-0.25, -0.2) is 14.4 Å². The average Bonchev–Trinajstić information content (AvgIpc) is 2.90. The Bertz CT molecular complexity index is 1380. The predicted molar refractivity (Wildman–Crippen MR) is 160 cm³/mol. The summed E-state index contributed by atoms with van der Waals surface area (Å²) in [5.74, 6) is -2.04. The van der Waals surface area contributed by atoms with E-state index in [2.05, 4.69) is 16.0 Å². The van der Waals surface area contributed by atoms with E-state index >= 15 is 0 Å². The minimum Gasteiger partial charge on any atom is -0.444 e. The lowest BCUT2D eigenvalue weighted by Gasteiger charge is -2.24. The van der Waals surface area contributed by atoms with Crippen molar-refractivity contribution in [2.75, 3.05) is 6.54 Å². The van der Waals surface area contributed by atoms with Crippen molar-refractivity contribution < 1.29 is 47.8 Å². The number of carbonyl (C=O) groups is 5. The second kappa shape index (κ2) is 15.5. The summed E-state index contributed by atoms with van der Waals surface area (Å²) in [7, 11) is 0. The minimum absolute atomic E-state index is 0.0201. The summed E-state index contributed by atoms with van der Waals surface area (Å²) in [6, 6.07) is 8.64. The Morgan fingerprint density at radius 3 is 1.84 bits per heavy atom. The summed E-state index contributed by atoms with van der Waals surface area (Å²) in [6.45, 7) is 10.9. The number of esters is 1. The topological polar surface area (TPSA) is 201 Å². The van der Waals surface area contributed by atoms with Crippen LogP contribution in [0.2, 0.25) is 0 Å². The first kappa shape index (κ1) is 36.0. The maximum Gasteiger partial charge on any atom is 0.514 e. The zero-order valence-corrected chi connectivity index (χ0v) is 26.1. The molecule has 2 rings (SSSR count). The monoisotopic (exact) mass is 630 g/mol. The van der Waals surface area contributed by atoms with Crippen LogP contribution < -0.4 is 25.4 Å². The van der Waals surface area contributed by atoms with Gasteiger partial charge in [0.2, 0.25) is 11.8 Å². The standard InChI is InChI=1S/C30H38N4O11/c1-18(25(36)31-17-24(35)42-21-14-10-20(11-15-21)34(40)41)32-26(37)23(33-27(38)44-29(2,3)4)16-19-8-12-22(13-9-19)43-28(39)45-30(5,6)7/h8-15,18,23H,16-17H2,1-7H3,(H,31,36)(H,32,37)(H,33,38). The van der Waals surface area contributed by atoms with Gasteiger partial charge in [-0.3, -0.25) is 19.7 Å². The molecule has 2 aromatic rings. The van der Waals surface area contributed by atoms with E-state index in [-0.39, 0.29) is 23.6 Å². The number of hydrogen-bond acceptors (Lipinski definition) is 11. The second-order valence-electron chi connectivity index (χ2n) is 11.8. The van der Waals surface area contributed by atoms with Gasteiger partial charge in [-0.1, -0.05) is 12.1 Å². The SMILES string of the molecule is CC(NC(=O)C(Cc1ccc(OC(=O)OC(C)(C)C)cc1)NC(=O)OC(C)(C)C)C(=O)NCC(=O)Oc1ccc([N+](=O)[O-])cc1. The quantitative estimate of drug-likeness (QED) is 0.108. The van der Waals surface area contributed by atoms with Gasteiger partial charge in [-0.15, -0.1) is 0 Å². The van der Waals surface area contributed by atoms with Gasteiger partial charge < -0.3 is 34.9 Å². The summed E-state index contributed by atoms with van der Waals surface area (Å²) < 4.78 is 20.6. The van der Waals surface area contributed by atoms with E-state index in [1.165, 1.54) is 31.2 Å². The van der Waals surface area contributed by atoms with Crippen LogP contribution in [-0.2, 0) is 30.3 Å². The molecule has 15 heteroatoms. The van der Waals surface area contributed by atoms with Gasteiger partial charge in [0.25, 0.3) is 5.69 Å². The Labute approximate surface area is 260 Å². The lowest BCUT2D eigenvalue weighted by molar-refractivity contribution is -0.384. The fraction of sp³-hybridized carbons (Fsp3) is 0.433. The van der Waals surface area contributed by atoms with E-state index in [1.54, 1.807) is 53.7 Å². The summed E-state index contributed by atoms with van der Waals surface area (Å²) in [5, 5.41) is 18.1. The molecule has 3 N–H and O–H groups in total. The molecule has 0 aliphatic carbocycles. The molecule has 3 amide bonds. The molecule has 2 atom stereocenters. The Morgan fingerprint density at radius 2 is 1.31 bits per heavy atom. The van der Waals surface area contributed by atoms with Crippen LogP contribution in [0.15, 0.2) is 48.5 Å². The molecule has 2 unspecified atom stereocenters. The van der Waals surface area contributed by atoms with Crippen LogP contribution in [0.4, 0.5) is 15.3 Å². The fourth-order valence-corrected chi connectivity index (χ4v) is 3.45. The molecular weight excluding hydrogens is 592 g/mol. The van der Waals surface area contributed by atoms with Crippen molar-refractivity contribution in [3.05, 3.63) is 64.2 Å². The fourth-order valence-electron chi connectivity index (χ4n) is 3.45. The number of benzene rings is 2. The zero-order valence-electron chi connectivity index (χ0n) is 26.1. The first-order valence-electron chi connectivity index (χ1n) is 13.8. The maximum atomic E-state index is 13.2. The number of amides is 3. The molecule has 15 nitrogen and oxygen atoms in total. The number of ether oxygens (including phenoxy) is 4. The molecule has 0 aliphatic heterocycles. The highest BCUT2D eigenvalue weighted by molar-refractivity contribution is 5.92. The van der Waals surface area contributed by atoms with Crippen molar-refractivity contribution in [2.45, 2.75) is 78.2 Å². The lowest BCUT2D eigenvalue weighted by atomic mass is 10.0. The van der Waals surface area contributed by atoms with Crippen molar-refractivity contribution in [2.24, 2.45) is 0 Å². The predicted octanol–water partition coefficient (Wildman–Crippen LogP) is 3.57. The average molecular weight is 631 g/mol. The van der Waals surface area contributed by atoms with Crippen molar-refractivity contribution in [1.82, 2.24) is 16.0 Å². The summed E-state index contributed by atoms with van der Waals surface area (Å²) in [5.41, 5.74) is -1.19. The van der Waals surface area contributed by atoms with E-state index in [9.17, 15) is 34.1 Å². The third-order valence-electron chi connectivity index (χ3n) is 5.40. The molecule has 0 spiro atoms. The van der Waals surface area contributed by atoms with Gasteiger partial charge in [0.05, 0.1) is 4.92 Å². The Hall–Kier alpha value is -5.21. The lowest BCUT2D eigenvalue weighted by Crippen LogP contribution is -2.54. The molecule has 0 aliphatic rings. The minimum atomic E-state index is -1.18. The number of rotatable bonds is 11. The number of carbonyl (C=O) groups excluding carboxylic acids is 5. The van der Waals surface area contributed by atoms with Crippen LogP contribution in [0.25, 0.3) is 0 Å². The van der Waals surface area contributed by atoms with Gasteiger partial charge in [0, 0.05) is 18.6 Å². The Kier molecular flexibility index (Phi) is 12.4. The molecule has 0 bridgehead atoms. The Balaban J connectivity index is 2.01. The molecule has 0 saturated heterocycles. The van der Waals surface area contributed by atoms with Crippen LogP contribution in [0.5, 0.6) is 11.5 Å². The van der Waals surface area contributed by atoms with Crippen molar-refractivity contribution in [3.63, 3.8) is 0 Å². The molecule has 2 aromatic carbocycles. The van der Waals surface area contributed by atoms with Gasteiger partial charge in [0.1, 0.15) is 41.3 Å². The van der Waals surface area contributed by atoms with Crippen molar-refractivity contribution in [3.8, 4) is 11.5 Å². The smallest absolute Gasteiger partial charge is 0.444 e. The third-order valence-corrected chi connectivity index (χ3v) is 5.40. The van der Waals surface area contributed by atoms with Crippen LogP contribution in [-0.4, -0.2) is 64.8 Å². The maximum absolute atomic E-state index is 13.2. The van der Waals surface area contributed by atoms with Gasteiger partial charge >= 0.3 is 18.2 Å². The van der Waals surface area contributed by atoms with E-state index in [0.717, 1.165) is 12.1 Å². The Morgan fingerprint density at radius 1 is 0.778 bits per heavy atom. The van der Waals surface area contributed by atoms with Crippen LogP contribution in [0.1, 0.15) is 54.0 Å². The molecule has 0 saturated carbocycles. The van der Waals surface area contributed by atoms with Crippen LogP contribution in [0, 0.1) is 10.1 Å². The number of nitrogens with one attached hydrogen (secondary N) is 3. The highest BCUT2D eigenvalue weighted by Gasteiger charge is 2.27. The number of alkyl carbamates (subject to hydrolysis) is 1. The highest BCUT2D eigenvalue weighted by atomic mass is 16.7. The number of hydrogen-bond donors (Lipinski definition) is 3. The zero-order chi connectivity index (χ0) is 33.9.